The normalized spacial score (nSPS) is 17.7. The number of carbonyl (C=O) groups is 1. The van der Waals surface area contributed by atoms with Gasteiger partial charge in [0.1, 0.15) is 17.9 Å². The molecular formula is C32H35N7O5. The van der Waals surface area contributed by atoms with Crippen LogP contribution in [0.5, 0.6) is 17.2 Å². The van der Waals surface area contributed by atoms with Crippen LogP contribution in [0.1, 0.15) is 28.8 Å². The second-order valence-electron chi connectivity index (χ2n) is 11.3. The Morgan fingerprint density at radius 2 is 1.84 bits per heavy atom. The largest absolute Gasteiger partial charge is 0.467 e. The average Bonchev–Trinajstić information content (AvgIpc) is 3.74. The average molecular weight is 598 g/mol. The zero-order chi connectivity index (χ0) is 29.9. The van der Waals surface area contributed by atoms with Gasteiger partial charge in [-0.05, 0) is 48.7 Å². The molecule has 12 nitrogen and oxygen atoms in total. The van der Waals surface area contributed by atoms with Crippen molar-refractivity contribution >= 4 is 11.7 Å². The summed E-state index contributed by atoms with van der Waals surface area (Å²) in [4.78, 5) is 31.5. The van der Waals surface area contributed by atoms with Crippen molar-refractivity contribution < 1.29 is 23.7 Å². The number of carbonyl (C=O) groups excluding carboxylic acids is 1. The first-order valence-corrected chi connectivity index (χ1v) is 14.9. The first kappa shape index (κ1) is 28.1. The van der Waals surface area contributed by atoms with E-state index in [1.54, 1.807) is 17.1 Å². The van der Waals surface area contributed by atoms with E-state index in [1.165, 1.54) is 0 Å². The summed E-state index contributed by atoms with van der Waals surface area (Å²) in [5.41, 5.74) is 4.17. The van der Waals surface area contributed by atoms with E-state index >= 15 is 0 Å². The van der Waals surface area contributed by atoms with Crippen molar-refractivity contribution in [3.05, 3.63) is 83.6 Å². The Morgan fingerprint density at radius 1 is 0.977 bits per heavy atom. The molecular weight excluding hydrogens is 562 g/mol. The highest BCUT2D eigenvalue weighted by molar-refractivity contribution is 5.76. The van der Waals surface area contributed by atoms with E-state index in [0.29, 0.717) is 38.6 Å². The molecule has 0 spiro atoms. The summed E-state index contributed by atoms with van der Waals surface area (Å²) in [6.07, 6.45) is 6.34. The molecule has 0 saturated carbocycles. The Balaban J connectivity index is 1.04. The molecule has 1 atom stereocenters. The molecule has 1 amide bonds. The van der Waals surface area contributed by atoms with Gasteiger partial charge in [0.25, 0.3) is 0 Å². The molecule has 1 unspecified atom stereocenters. The van der Waals surface area contributed by atoms with E-state index in [-0.39, 0.29) is 25.5 Å². The highest BCUT2D eigenvalue weighted by Gasteiger charge is 2.30. The van der Waals surface area contributed by atoms with Gasteiger partial charge in [-0.25, -0.2) is 9.97 Å². The van der Waals surface area contributed by atoms with Crippen LogP contribution < -0.4 is 24.4 Å². The highest BCUT2D eigenvalue weighted by Crippen LogP contribution is 2.33. The Morgan fingerprint density at radius 3 is 2.75 bits per heavy atom. The number of hydrogen-bond donors (Lipinski definition) is 1. The maximum atomic E-state index is 13.3. The molecule has 7 rings (SSSR count). The molecule has 1 N–H and O–H groups in total. The van der Waals surface area contributed by atoms with E-state index in [1.807, 2.05) is 43.5 Å². The second kappa shape index (κ2) is 12.5. The van der Waals surface area contributed by atoms with Crippen LogP contribution in [0.4, 0.5) is 5.82 Å². The van der Waals surface area contributed by atoms with E-state index in [0.717, 1.165) is 65.0 Å². The fraction of sp³-hybridized carbons (Fsp3) is 0.375. The fourth-order valence-electron chi connectivity index (χ4n) is 5.90. The minimum absolute atomic E-state index is 0.0233. The summed E-state index contributed by atoms with van der Waals surface area (Å²) < 4.78 is 23.8. The van der Waals surface area contributed by atoms with Crippen molar-refractivity contribution in [3.63, 3.8) is 0 Å². The first-order chi connectivity index (χ1) is 21.6. The zero-order valence-corrected chi connectivity index (χ0v) is 24.6. The quantitative estimate of drug-likeness (QED) is 0.309. The summed E-state index contributed by atoms with van der Waals surface area (Å²) in [6.45, 7) is 6.49. The van der Waals surface area contributed by atoms with E-state index in [4.69, 9.17) is 23.9 Å². The Labute approximate surface area is 255 Å². The molecule has 3 aliphatic heterocycles. The van der Waals surface area contributed by atoms with Gasteiger partial charge >= 0.3 is 0 Å². The number of piperazine rings is 1. The number of anilines is 1. The van der Waals surface area contributed by atoms with Gasteiger partial charge < -0.3 is 29.2 Å². The molecule has 4 aromatic rings. The molecule has 0 radical (unpaired) electrons. The van der Waals surface area contributed by atoms with Gasteiger partial charge in [-0.2, -0.15) is 4.98 Å². The third kappa shape index (κ3) is 6.31. The van der Waals surface area contributed by atoms with Gasteiger partial charge in [0.15, 0.2) is 18.3 Å². The lowest BCUT2D eigenvalue weighted by molar-refractivity contribution is -0.122. The predicted molar refractivity (Wildman–Crippen MR) is 161 cm³/mol. The molecule has 3 aliphatic rings. The number of fused-ring (bicyclic) bond motifs is 2. The molecule has 1 fully saturated rings. The van der Waals surface area contributed by atoms with Gasteiger partial charge in [-0.15, -0.1) is 0 Å². The van der Waals surface area contributed by atoms with Crippen LogP contribution >= 0.6 is 0 Å². The lowest BCUT2D eigenvalue weighted by Crippen LogP contribution is -2.54. The number of aromatic nitrogens is 4. The van der Waals surface area contributed by atoms with Crippen LogP contribution in [-0.2, 0) is 29.1 Å². The minimum Gasteiger partial charge on any atom is -0.467 e. The van der Waals surface area contributed by atoms with Gasteiger partial charge in [0, 0.05) is 74.9 Å². The SMILES string of the molecule is Cc1cc(N2CCN(Cc3ccc4c(c3)OCO4)C(CC(=O)NCCc3ccc4c(c3)COCO4)C2)nc(-n2ccnc2)n1. The lowest BCUT2D eigenvalue weighted by Gasteiger charge is -2.42. The molecule has 44 heavy (non-hydrogen) atoms. The summed E-state index contributed by atoms with van der Waals surface area (Å²) in [7, 11) is 0. The molecule has 1 saturated heterocycles. The smallest absolute Gasteiger partial charge is 0.237 e. The highest BCUT2D eigenvalue weighted by atomic mass is 16.7. The topological polar surface area (TPSA) is 116 Å². The van der Waals surface area contributed by atoms with E-state index in [9.17, 15) is 4.79 Å². The third-order valence-electron chi connectivity index (χ3n) is 8.15. The van der Waals surface area contributed by atoms with Gasteiger partial charge in [0.2, 0.25) is 18.6 Å². The number of imidazole rings is 1. The van der Waals surface area contributed by atoms with Crippen molar-refractivity contribution in [2.75, 3.05) is 44.7 Å². The molecule has 5 heterocycles. The number of ether oxygens (including phenoxy) is 4. The summed E-state index contributed by atoms with van der Waals surface area (Å²) in [6, 6.07) is 14.1. The van der Waals surface area contributed by atoms with Crippen LogP contribution in [0.25, 0.3) is 5.95 Å². The summed E-state index contributed by atoms with van der Waals surface area (Å²) >= 11 is 0. The number of aryl methyl sites for hydroxylation is 1. The van der Waals surface area contributed by atoms with Crippen molar-refractivity contribution in [2.45, 2.75) is 39.0 Å². The minimum atomic E-state index is -0.0285. The maximum absolute atomic E-state index is 13.3. The third-order valence-corrected chi connectivity index (χ3v) is 8.15. The number of benzene rings is 2. The molecule has 228 valence electrons. The predicted octanol–water partition coefficient (Wildman–Crippen LogP) is 3.01. The molecule has 0 bridgehead atoms. The van der Waals surface area contributed by atoms with Gasteiger partial charge in [-0.3, -0.25) is 14.3 Å². The maximum Gasteiger partial charge on any atom is 0.237 e. The zero-order valence-electron chi connectivity index (χ0n) is 24.6. The Bertz CT molecular complexity index is 1630. The molecule has 2 aromatic carbocycles. The van der Waals surface area contributed by atoms with Crippen molar-refractivity contribution in [2.24, 2.45) is 0 Å². The van der Waals surface area contributed by atoms with Crippen molar-refractivity contribution in [1.82, 2.24) is 29.7 Å². The van der Waals surface area contributed by atoms with Gasteiger partial charge in [0.05, 0.1) is 6.61 Å². The summed E-state index contributed by atoms with van der Waals surface area (Å²) in [5.74, 6) is 3.84. The Kier molecular flexibility index (Phi) is 7.99. The van der Waals surface area contributed by atoms with Crippen LogP contribution in [0.2, 0.25) is 0 Å². The van der Waals surface area contributed by atoms with Gasteiger partial charge in [-0.1, -0.05) is 12.1 Å². The van der Waals surface area contributed by atoms with Crippen molar-refractivity contribution in [1.29, 1.82) is 0 Å². The lowest BCUT2D eigenvalue weighted by atomic mass is 10.0. The molecule has 0 aliphatic carbocycles. The molecule has 12 heteroatoms. The van der Waals surface area contributed by atoms with Crippen LogP contribution in [0.3, 0.4) is 0 Å². The van der Waals surface area contributed by atoms with Crippen LogP contribution in [0, 0.1) is 6.92 Å². The number of hydrogen-bond acceptors (Lipinski definition) is 10. The van der Waals surface area contributed by atoms with Crippen LogP contribution in [0.15, 0.2) is 61.2 Å². The van der Waals surface area contributed by atoms with Crippen LogP contribution in [-0.4, -0.2) is 76.1 Å². The Hall–Kier alpha value is -4.68. The van der Waals surface area contributed by atoms with Crippen molar-refractivity contribution in [3.8, 4) is 23.2 Å². The fourth-order valence-corrected chi connectivity index (χ4v) is 5.90. The molecule has 2 aromatic heterocycles. The monoisotopic (exact) mass is 597 g/mol. The number of nitrogens with one attached hydrogen (secondary N) is 1. The standard InChI is InChI=1S/C32H35N7O5/c1-22-12-30(36-32(35-22)39-9-8-33-19-39)38-11-10-37(16-24-3-5-28-29(14-24)44-21-43-28)26(17-38)15-31(40)34-7-6-23-2-4-27-25(13-23)18-41-20-42-27/h2-5,8-9,12-14,19,26H,6-7,10-11,15-18,20-21H2,1H3,(H,34,40). The number of rotatable bonds is 9. The van der Waals surface area contributed by atoms with E-state index in [2.05, 4.69) is 37.2 Å². The number of amides is 1. The van der Waals surface area contributed by atoms with E-state index < -0.39 is 0 Å². The number of nitrogens with zero attached hydrogens (tertiary/aromatic N) is 6. The second-order valence-corrected chi connectivity index (χ2v) is 11.3. The first-order valence-electron chi connectivity index (χ1n) is 14.9. The summed E-state index contributed by atoms with van der Waals surface area (Å²) in [5, 5.41) is 3.15.